The third-order valence-corrected chi connectivity index (χ3v) is 4.27. The van der Waals surface area contributed by atoms with Gasteiger partial charge in [-0.15, -0.1) is 0 Å². The van der Waals surface area contributed by atoms with Crippen molar-refractivity contribution in [2.24, 2.45) is 0 Å². The monoisotopic (exact) mass is 322 g/mol. The smallest absolute Gasteiger partial charge is 0.179 e. The summed E-state index contributed by atoms with van der Waals surface area (Å²) < 4.78 is 15.5. The first kappa shape index (κ1) is 13.9. The average molecular weight is 322 g/mol. The van der Waals surface area contributed by atoms with E-state index in [1.807, 2.05) is 34.9 Å². The normalized spacial score (nSPS) is 11.0. The van der Waals surface area contributed by atoms with Crippen LogP contribution in [-0.4, -0.2) is 19.5 Å². The van der Waals surface area contributed by atoms with E-state index in [9.17, 15) is 4.39 Å². The van der Waals surface area contributed by atoms with Crippen LogP contribution >= 0.6 is 11.8 Å². The number of imidazole rings is 1. The Bertz CT molecular complexity index is 969. The molecule has 0 aliphatic carbocycles. The van der Waals surface area contributed by atoms with Crippen LogP contribution in [0.1, 0.15) is 0 Å². The molecule has 23 heavy (non-hydrogen) atoms. The molecular weight excluding hydrogens is 311 g/mol. The first-order valence-electron chi connectivity index (χ1n) is 6.98. The summed E-state index contributed by atoms with van der Waals surface area (Å²) in [5, 5.41) is 0.732. The molecule has 4 aromatic rings. The number of benzene rings is 1. The van der Waals surface area contributed by atoms with E-state index in [4.69, 9.17) is 0 Å². The zero-order chi connectivity index (χ0) is 15.6. The van der Waals surface area contributed by atoms with Gasteiger partial charge in [-0.25, -0.2) is 14.4 Å². The van der Waals surface area contributed by atoms with E-state index in [1.165, 1.54) is 23.9 Å². The lowest BCUT2D eigenvalue weighted by Gasteiger charge is -2.08. The molecule has 4 nitrogen and oxygen atoms in total. The minimum absolute atomic E-state index is 0.292. The molecule has 0 atom stereocenters. The Morgan fingerprint density at radius 2 is 1.83 bits per heavy atom. The van der Waals surface area contributed by atoms with Crippen molar-refractivity contribution in [2.75, 3.05) is 0 Å². The first-order chi connectivity index (χ1) is 11.3. The SMILES string of the molecule is Fc1cccc(-n2c(Sc3ccncc3)nc3cccnc32)c1. The second kappa shape index (κ2) is 5.81. The Hall–Kier alpha value is -2.73. The van der Waals surface area contributed by atoms with E-state index in [2.05, 4.69) is 15.0 Å². The van der Waals surface area contributed by atoms with Crippen LogP contribution in [0, 0.1) is 5.82 Å². The van der Waals surface area contributed by atoms with Crippen molar-refractivity contribution in [3.05, 3.63) is 72.9 Å². The largest absolute Gasteiger partial charge is 0.271 e. The summed E-state index contributed by atoms with van der Waals surface area (Å²) in [5.41, 5.74) is 2.17. The molecule has 0 radical (unpaired) electrons. The van der Waals surface area contributed by atoms with Crippen molar-refractivity contribution in [1.29, 1.82) is 0 Å². The van der Waals surface area contributed by atoms with Gasteiger partial charge in [-0.1, -0.05) is 17.8 Å². The second-order valence-electron chi connectivity index (χ2n) is 4.84. The predicted octanol–water partition coefficient (Wildman–Crippen LogP) is 4.11. The number of fused-ring (bicyclic) bond motifs is 1. The van der Waals surface area contributed by atoms with Crippen molar-refractivity contribution in [3.8, 4) is 5.69 Å². The van der Waals surface area contributed by atoms with Crippen molar-refractivity contribution >= 4 is 22.9 Å². The highest BCUT2D eigenvalue weighted by atomic mass is 32.2. The lowest BCUT2D eigenvalue weighted by Crippen LogP contribution is -1.98. The molecule has 0 saturated carbocycles. The van der Waals surface area contributed by atoms with Gasteiger partial charge in [0.05, 0.1) is 5.69 Å². The standard InChI is InChI=1S/C17H11FN4S/c18-12-3-1-4-13(11-12)22-16-15(5-2-8-20-16)21-17(22)23-14-6-9-19-10-7-14/h1-11H. The van der Waals surface area contributed by atoms with E-state index in [0.29, 0.717) is 11.3 Å². The number of hydrogen-bond donors (Lipinski definition) is 0. The van der Waals surface area contributed by atoms with E-state index in [-0.39, 0.29) is 5.82 Å². The van der Waals surface area contributed by atoms with Crippen LogP contribution in [0.15, 0.2) is 77.2 Å². The molecule has 4 rings (SSSR count). The topological polar surface area (TPSA) is 43.6 Å². The summed E-state index contributed by atoms with van der Waals surface area (Å²) >= 11 is 1.49. The van der Waals surface area contributed by atoms with E-state index in [1.54, 1.807) is 24.7 Å². The van der Waals surface area contributed by atoms with Crippen LogP contribution in [0.3, 0.4) is 0 Å². The second-order valence-corrected chi connectivity index (χ2v) is 5.88. The lowest BCUT2D eigenvalue weighted by molar-refractivity contribution is 0.626. The van der Waals surface area contributed by atoms with Crippen LogP contribution < -0.4 is 0 Å². The number of halogens is 1. The first-order valence-corrected chi connectivity index (χ1v) is 7.80. The third-order valence-electron chi connectivity index (χ3n) is 3.31. The molecule has 6 heteroatoms. The molecule has 0 saturated heterocycles. The molecule has 0 spiro atoms. The highest BCUT2D eigenvalue weighted by molar-refractivity contribution is 7.99. The number of hydrogen-bond acceptors (Lipinski definition) is 4. The Kier molecular flexibility index (Phi) is 3.51. The van der Waals surface area contributed by atoms with Gasteiger partial charge in [0.15, 0.2) is 10.8 Å². The minimum Gasteiger partial charge on any atom is -0.271 e. The third kappa shape index (κ3) is 2.68. The van der Waals surface area contributed by atoms with Crippen LogP contribution in [0.4, 0.5) is 4.39 Å². The lowest BCUT2D eigenvalue weighted by atomic mass is 10.3. The van der Waals surface area contributed by atoms with E-state index >= 15 is 0 Å². The highest BCUT2D eigenvalue weighted by Gasteiger charge is 2.15. The van der Waals surface area contributed by atoms with Gasteiger partial charge in [0.2, 0.25) is 0 Å². The quantitative estimate of drug-likeness (QED) is 0.569. The Balaban J connectivity index is 1.91. The minimum atomic E-state index is -0.292. The van der Waals surface area contributed by atoms with Crippen LogP contribution in [-0.2, 0) is 0 Å². The molecule has 3 aromatic heterocycles. The average Bonchev–Trinajstić information content (AvgIpc) is 2.93. The van der Waals surface area contributed by atoms with Gasteiger partial charge in [-0.2, -0.15) is 0 Å². The molecule has 112 valence electrons. The zero-order valence-corrected chi connectivity index (χ0v) is 12.7. The van der Waals surface area contributed by atoms with Gasteiger partial charge in [0.25, 0.3) is 0 Å². The Morgan fingerprint density at radius 3 is 2.65 bits per heavy atom. The molecule has 0 aliphatic rings. The summed E-state index contributed by atoms with van der Waals surface area (Å²) in [6, 6.07) is 14.0. The molecule has 0 amide bonds. The summed E-state index contributed by atoms with van der Waals surface area (Å²) in [5.74, 6) is -0.292. The van der Waals surface area contributed by atoms with E-state index in [0.717, 1.165) is 15.6 Å². The maximum Gasteiger partial charge on any atom is 0.179 e. The fourth-order valence-electron chi connectivity index (χ4n) is 2.32. The van der Waals surface area contributed by atoms with Crippen LogP contribution in [0.25, 0.3) is 16.9 Å². The van der Waals surface area contributed by atoms with Gasteiger partial charge in [-0.05, 0) is 42.5 Å². The Morgan fingerprint density at radius 1 is 0.957 bits per heavy atom. The number of rotatable bonds is 3. The van der Waals surface area contributed by atoms with Crippen molar-refractivity contribution in [3.63, 3.8) is 0 Å². The van der Waals surface area contributed by atoms with Crippen molar-refractivity contribution < 1.29 is 4.39 Å². The summed E-state index contributed by atoms with van der Waals surface area (Å²) in [6.45, 7) is 0. The number of pyridine rings is 2. The fraction of sp³-hybridized carbons (Fsp3) is 0. The van der Waals surface area contributed by atoms with Crippen LogP contribution in [0.5, 0.6) is 0 Å². The molecule has 0 fully saturated rings. The summed E-state index contributed by atoms with van der Waals surface area (Å²) in [7, 11) is 0. The maximum absolute atomic E-state index is 13.6. The number of nitrogens with zero attached hydrogens (tertiary/aromatic N) is 4. The molecule has 0 unspecified atom stereocenters. The van der Waals surface area contributed by atoms with Crippen molar-refractivity contribution in [2.45, 2.75) is 10.1 Å². The van der Waals surface area contributed by atoms with Crippen molar-refractivity contribution in [1.82, 2.24) is 19.5 Å². The van der Waals surface area contributed by atoms with Gasteiger partial charge in [0, 0.05) is 23.5 Å². The molecule has 1 aromatic carbocycles. The Labute approximate surface area is 136 Å². The van der Waals surface area contributed by atoms with E-state index < -0.39 is 0 Å². The summed E-state index contributed by atoms with van der Waals surface area (Å²) in [4.78, 5) is 14.1. The van der Waals surface area contributed by atoms with Gasteiger partial charge in [0.1, 0.15) is 11.3 Å². The van der Waals surface area contributed by atoms with Gasteiger partial charge >= 0.3 is 0 Å². The predicted molar refractivity (Wildman–Crippen MR) is 87.2 cm³/mol. The molecular formula is C17H11FN4S. The zero-order valence-electron chi connectivity index (χ0n) is 11.9. The maximum atomic E-state index is 13.6. The van der Waals surface area contributed by atoms with Crippen LogP contribution in [0.2, 0.25) is 0 Å². The fourth-order valence-corrected chi connectivity index (χ4v) is 3.22. The molecule has 0 bridgehead atoms. The molecule has 0 N–H and O–H groups in total. The molecule has 0 aliphatic heterocycles. The summed E-state index contributed by atoms with van der Waals surface area (Å²) in [6.07, 6.45) is 5.17. The van der Waals surface area contributed by atoms with Gasteiger partial charge < -0.3 is 0 Å². The highest BCUT2D eigenvalue weighted by Crippen LogP contribution is 2.31. The van der Waals surface area contributed by atoms with Gasteiger partial charge in [-0.3, -0.25) is 9.55 Å². The molecule has 3 heterocycles. The number of aromatic nitrogens is 4.